The Bertz CT molecular complexity index is 660. The molecule has 1 saturated heterocycles. The number of carbonyl (C=O) groups excluding carboxylic acids is 2. The maximum Gasteiger partial charge on any atom is 0.317 e. The first-order valence-corrected chi connectivity index (χ1v) is 10.6. The number of nitrogens with one attached hydrogen (secondary N) is 1. The van der Waals surface area contributed by atoms with Gasteiger partial charge < -0.3 is 20.2 Å². The summed E-state index contributed by atoms with van der Waals surface area (Å²) in [6, 6.07) is 9.91. The molecule has 0 spiro atoms. The molecule has 2 N–H and O–H groups in total. The summed E-state index contributed by atoms with van der Waals surface area (Å²) in [6.45, 7) is 4.82. The Balaban J connectivity index is 1.77. The number of rotatable bonds is 7. The van der Waals surface area contributed by atoms with Gasteiger partial charge in [0.15, 0.2) is 0 Å². The minimum Gasteiger partial charge on any atom is -0.394 e. The number of benzene rings is 1. The van der Waals surface area contributed by atoms with Crippen LogP contribution in [-0.4, -0.2) is 64.7 Å². The Morgan fingerprint density at radius 1 is 1.14 bits per heavy atom. The van der Waals surface area contributed by atoms with Crippen molar-refractivity contribution in [1.29, 1.82) is 0 Å². The van der Waals surface area contributed by atoms with Gasteiger partial charge in [0.05, 0.1) is 18.7 Å². The van der Waals surface area contributed by atoms with Crippen molar-refractivity contribution in [3.05, 3.63) is 35.9 Å². The first-order chi connectivity index (χ1) is 13.6. The van der Waals surface area contributed by atoms with E-state index >= 15 is 0 Å². The minimum atomic E-state index is -0.226. The van der Waals surface area contributed by atoms with Gasteiger partial charge >= 0.3 is 6.03 Å². The van der Waals surface area contributed by atoms with E-state index in [1.807, 2.05) is 49.1 Å². The fraction of sp³-hybridized carbons (Fsp3) is 0.636. The monoisotopic (exact) mass is 387 g/mol. The van der Waals surface area contributed by atoms with Gasteiger partial charge in [-0.25, -0.2) is 4.79 Å². The number of aliphatic hydroxyl groups excluding tert-OH is 1. The van der Waals surface area contributed by atoms with Crippen molar-refractivity contribution in [1.82, 2.24) is 15.1 Å². The van der Waals surface area contributed by atoms with Gasteiger partial charge in [0.1, 0.15) is 0 Å². The number of amides is 3. The molecule has 0 aromatic heterocycles. The number of likely N-dealkylation sites (tertiary alicyclic amines) is 1. The van der Waals surface area contributed by atoms with Crippen molar-refractivity contribution in [2.24, 2.45) is 0 Å². The Morgan fingerprint density at radius 2 is 1.82 bits per heavy atom. The number of nitrogens with zero attached hydrogens (tertiary/aromatic N) is 2. The van der Waals surface area contributed by atoms with Crippen molar-refractivity contribution in [3.63, 3.8) is 0 Å². The van der Waals surface area contributed by atoms with Crippen LogP contribution in [0.5, 0.6) is 0 Å². The molecular weight excluding hydrogens is 354 g/mol. The van der Waals surface area contributed by atoms with E-state index < -0.39 is 0 Å². The van der Waals surface area contributed by atoms with Gasteiger partial charge in [-0.15, -0.1) is 0 Å². The fourth-order valence-corrected chi connectivity index (χ4v) is 4.74. The van der Waals surface area contributed by atoms with Crippen LogP contribution in [0.1, 0.15) is 57.4 Å². The first-order valence-electron chi connectivity index (χ1n) is 10.6. The van der Waals surface area contributed by atoms with Crippen LogP contribution in [-0.2, 0) is 4.79 Å². The maximum absolute atomic E-state index is 12.8. The molecule has 1 aromatic carbocycles. The van der Waals surface area contributed by atoms with E-state index in [0.29, 0.717) is 19.5 Å². The van der Waals surface area contributed by atoms with Gasteiger partial charge in [-0.2, -0.15) is 0 Å². The Hall–Kier alpha value is -2.08. The van der Waals surface area contributed by atoms with Crippen molar-refractivity contribution in [3.8, 4) is 0 Å². The third-order valence-corrected chi connectivity index (χ3v) is 6.26. The number of aliphatic hydroxyl groups is 1. The molecule has 3 amide bonds. The van der Waals surface area contributed by atoms with E-state index in [0.717, 1.165) is 18.4 Å². The van der Waals surface area contributed by atoms with E-state index in [-0.39, 0.29) is 42.6 Å². The fourth-order valence-electron chi connectivity index (χ4n) is 4.74. The number of hydrogen-bond donors (Lipinski definition) is 2. The summed E-state index contributed by atoms with van der Waals surface area (Å²) in [7, 11) is 0. The van der Waals surface area contributed by atoms with Crippen LogP contribution in [0.25, 0.3) is 0 Å². The third-order valence-electron chi connectivity index (χ3n) is 6.26. The van der Waals surface area contributed by atoms with Gasteiger partial charge in [-0.05, 0) is 25.3 Å². The molecule has 6 nitrogen and oxygen atoms in total. The van der Waals surface area contributed by atoms with Crippen LogP contribution in [0.2, 0.25) is 0 Å². The molecule has 154 valence electrons. The molecule has 3 atom stereocenters. The molecule has 2 aliphatic rings. The summed E-state index contributed by atoms with van der Waals surface area (Å²) < 4.78 is 0. The normalized spacial score (nSPS) is 24.7. The average Bonchev–Trinajstić information content (AvgIpc) is 3.21. The summed E-state index contributed by atoms with van der Waals surface area (Å²) in [6.07, 6.45) is 4.84. The highest BCUT2D eigenvalue weighted by Gasteiger charge is 2.51. The zero-order chi connectivity index (χ0) is 20.1. The molecule has 0 bridgehead atoms. The lowest BCUT2D eigenvalue weighted by molar-refractivity contribution is -0.151. The lowest BCUT2D eigenvalue weighted by atomic mass is 9.74. The van der Waals surface area contributed by atoms with Crippen LogP contribution in [0.3, 0.4) is 0 Å². The predicted molar refractivity (Wildman–Crippen MR) is 109 cm³/mol. The molecule has 1 saturated carbocycles. The summed E-state index contributed by atoms with van der Waals surface area (Å²) in [5, 5.41) is 13.1. The molecular formula is C22H33N3O3. The van der Waals surface area contributed by atoms with Gasteiger partial charge in [0.25, 0.3) is 0 Å². The smallest absolute Gasteiger partial charge is 0.317 e. The molecule has 2 fully saturated rings. The lowest BCUT2D eigenvalue weighted by Gasteiger charge is -2.56. The number of urea groups is 1. The van der Waals surface area contributed by atoms with Crippen molar-refractivity contribution >= 4 is 11.9 Å². The Labute approximate surface area is 167 Å². The zero-order valence-electron chi connectivity index (χ0n) is 17.0. The quantitative estimate of drug-likeness (QED) is 0.756. The van der Waals surface area contributed by atoms with Crippen LogP contribution in [0.4, 0.5) is 4.79 Å². The summed E-state index contributed by atoms with van der Waals surface area (Å²) in [5.74, 6) is 0.0681. The van der Waals surface area contributed by atoms with Gasteiger partial charge in [0.2, 0.25) is 5.91 Å². The second-order valence-corrected chi connectivity index (χ2v) is 7.88. The molecule has 0 unspecified atom stereocenters. The largest absolute Gasteiger partial charge is 0.394 e. The Kier molecular flexibility index (Phi) is 6.94. The summed E-state index contributed by atoms with van der Waals surface area (Å²) in [5.41, 5.74) is 1.11. The van der Waals surface area contributed by atoms with E-state index in [1.54, 1.807) is 4.90 Å². The first kappa shape index (κ1) is 20.6. The van der Waals surface area contributed by atoms with E-state index in [4.69, 9.17) is 0 Å². The molecule has 0 radical (unpaired) electrons. The van der Waals surface area contributed by atoms with Gasteiger partial charge in [-0.1, -0.05) is 50.1 Å². The SMILES string of the molecule is CCC(=O)N1[C@@H](CO)[C@@H](c2ccccc2)[C@@H]1CN(CC)C(=O)NC1CCCC1. The van der Waals surface area contributed by atoms with E-state index in [1.165, 1.54) is 12.8 Å². The van der Waals surface area contributed by atoms with Crippen molar-refractivity contribution < 1.29 is 14.7 Å². The van der Waals surface area contributed by atoms with E-state index in [9.17, 15) is 14.7 Å². The average molecular weight is 388 g/mol. The van der Waals surface area contributed by atoms with Crippen LogP contribution in [0.15, 0.2) is 30.3 Å². The van der Waals surface area contributed by atoms with Crippen LogP contribution in [0, 0.1) is 0 Å². The number of hydrogen-bond acceptors (Lipinski definition) is 3. The maximum atomic E-state index is 12.8. The summed E-state index contributed by atoms with van der Waals surface area (Å²) in [4.78, 5) is 29.0. The molecule has 1 aromatic rings. The zero-order valence-corrected chi connectivity index (χ0v) is 17.0. The molecule has 1 aliphatic carbocycles. The van der Waals surface area contributed by atoms with Gasteiger partial charge in [0, 0.05) is 31.5 Å². The number of likely N-dealkylation sites (N-methyl/N-ethyl adjacent to an activating group) is 1. The standard InChI is InChI=1S/C22H33N3O3/c1-3-20(27)25-18(21(19(25)15-26)16-10-6-5-7-11-16)14-24(4-2)22(28)23-17-12-8-9-13-17/h5-7,10-11,17-19,21,26H,3-4,8-9,12-15H2,1-2H3,(H,23,28)/t18-,19-,21-/m0/s1. The highest BCUT2D eigenvalue weighted by atomic mass is 16.3. The molecule has 1 aliphatic heterocycles. The van der Waals surface area contributed by atoms with Gasteiger partial charge in [-0.3, -0.25) is 4.79 Å². The highest BCUT2D eigenvalue weighted by molar-refractivity contribution is 5.79. The van der Waals surface area contributed by atoms with Crippen LogP contribution < -0.4 is 5.32 Å². The predicted octanol–water partition coefficient (Wildman–Crippen LogP) is 2.73. The van der Waals surface area contributed by atoms with Crippen molar-refractivity contribution in [2.45, 2.75) is 70.0 Å². The summed E-state index contributed by atoms with van der Waals surface area (Å²) >= 11 is 0. The number of carbonyl (C=O) groups is 2. The van der Waals surface area contributed by atoms with Crippen LogP contribution >= 0.6 is 0 Å². The Morgan fingerprint density at radius 3 is 2.39 bits per heavy atom. The highest BCUT2D eigenvalue weighted by Crippen LogP contribution is 2.41. The molecule has 28 heavy (non-hydrogen) atoms. The molecule has 1 heterocycles. The van der Waals surface area contributed by atoms with E-state index in [2.05, 4.69) is 5.32 Å². The lowest BCUT2D eigenvalue weighted by Crippen LogP contribution is -2.69. The second-order valence-electron chi connectivity index (χ2n) is 7.88. The molecule has 6 heteroatoms. The topological polar surface area (TPSA) is 72.9 Å². The molecule has 3 rings (SSSR count). The van der Waals surface area contributed by atoms with Crippen molar-refractivity contribution in [2.75, 3.05) is 19.7 Å². The second kappa shape index (κ2) is 9.41. The minimum absolute atomic E-state index is 0.0310. The third kappa shape index (κ3) is 4.17.